The summed E-state index contributed by atoms with van der Waals surface area (Å²) in [6.45, 7) is 20.9. The fourth-order valence-corrected chi connectivity index (χ4v) is 10.2. The van der Waals surface area contributed by atoms with E-state index in [2.05, 4.69) is 27.0 Å². The van der Waals surface area contributed by atoms with Crippen molar-refractivity contribution in [2.24, 2.45) is 17.8 Å². The van der Waals surface area contributed by atoms with Crippen LogP contribution < -0.4 is 9.64 Å². The SMILES string of the molecule is C=CCN(C(=O)[C@H]1[C@H]2C(=O)N([C@@H](CO)C(C)C)C(C(=O)N(CC=C)C(C)CCC)C23CC[C@]1(C)S3)c1ccc(OCC)cc1. The third-order valence-electron chi connectivity index (χ3n) is 9.91. The zero-order chi connectivity index (χ0) is 32.4. The molecule has 3 amide bonds. The normalized spacial score (nSPS) is 28.5. The van der Waals surface area contributed by atoms with E-state index in [4.69, 9.17) is 4.74 Å². The minimum atomic E-state index is -0.776. The van der Waals surface area contributed by atoms with Crippen molar-refractivity contribution in [3.8, 4) is 5.75 Å². The number of hydrogen-bond acceptors (Lipinski definition) is 6. The zero-order valence-corrected chi connectivity index (χ0v) is 28.1. The number of ether oxygens (including phenoxy) is 1. The third-order valence-corrected chi connectivity index (χ3v) is 11.9. The number of likely N-dealkylation sites (tertiary alicyclic amines) is 1. The molecule has 44 heavy (non-hydrogen) atoms. The summed E-state index contributed by atoms with van der Waals surface area (Å²) in [7, 11) is 0. The highest BCUT2D eigenvalue weighted by molar-refractivity contribution is 8.02. The molecule has 0 aliphatic carbocycles. The summed E-state index contributed by atoms with van der Waals surface area (Å²) in [6.07, 6.45) is 6.56. The number of nitrogens with zero attached hydrogens (tertiary/aromatic N) is 3. The average Bonchev–Trinajstić information content (AvgIpc) is 3.56. The van der Waals surface area contributed by atoms with E-state index in [0.717, 1.165) is 25.0 Å². The molecule has 9 heteroatoms. The second-order valence-electron chi connectivity index (χ2n) is 13.0. The number of rotatable bonds is 15. The molecule has 3 unspecified atom stereocenters. The molecular weight excluding hydrogens is 574 g/mol. The molecule has 3 aliphatic heterocycles. The van der Waals surface area contributed by atoms with E-state index in [-0.39, 0.29) is 42.8 Å². The van der Waals surface area contributed by atoms with Gasteiger partial charge in [-0.2, -0.15) is 0 Å². The quantitative estimate of drug-likeness (QED) is 0.266. The third kappa shape index (κ3) is 5.70. The Kier molecular flexibility index (Phi) is 10.6. The number of amides is 3. The van der Waals surface area contributed by atoms with Crippen LogP contribution in [0.15, 0.2) is 49.6 Å². The topological polar surface area (TPSA) is 90.4 Å². The number of anilines is 1. The first-order chi connectivity index (χ1) is 21.0. The molecule has 1 aromatic rings. The number of aliphatic hydroxyl groups excluding tert-OH is 1. The van der Waals surface area contributed by atoms with Crippen LogP contribution in [0, 0.1) is 17.8 Å². The van der Waals surface area contributed by atoms with Crippen molar-refractivity contribution in [3.63, 3.8) is 0 Å². The van der Waals surface area contributed by atoms with E-state index in [9.17, 15) is 19.5 Å². The summed E-state index contributed by atoms with van der Waals surface area (Å²) < 4.78 is 4.33. The van der Waals surface area contributed by atoms with Crippen LogP contribution in [-0.4, -0.2) is 86.6 Å². The molecule has 1 N–H and O–H groups in total. The first-order valence-corrected chi connectivity index (χ1v) is 17.0. The second kappa shape index (κ2) is 13.7. The molecule has 4 rings (SSSR count). The maximum absolute atomic E-state index is 14.8. The summed E-state index contributed by atoms with van der Waals surface area (Å²) in [5.41, 5.74) is 0.708. The lowest BCUT2D eigenvalue weighted by molar-refractivity contribution is -0.147. The summed E-state index contributed by atoms with van der Waals surface area (Å²) >= 11 is 1.66. The molecule has 242 valence electrons. The smallest absolute Gasteiger partial charge is 0.247 e. The first-order valence-electron chi connectivity index (χ1n) is 16.2. The van der Waals surface area contributed by atoms with Crippen molar-refractivity contribution >= 4 is 35.2 Å². The van der Waals surface area contributed by atoms with Crippen LogP contribution in [-0.2, 0) is 14.4 Å². The molecular formula is C35H51N3O5S. The molecule has 0 radical (unpaired) electrons. The largest absolute Gasteiger partial charge is 0.494 e. The Hall–Kier alpha value is -2.78. The number of hydrogen-bond donors (Lipinski definition) is 1. The highest BCUT2D eigenvalue weighted by Crippen LogP contribution is 2.72. The lowest BCUT2D eigenvalue weighted by atomic mass is 9.66. The van der Waals surface area contributed by atoms with E-state index in [1.807, 2.05) is 56.9 Å². The van der Waals surface area contributed by atoms with E-state index in [0.29, 0.717) is 25.3 Å². The molecule has 2 bridgehead atoms. The van der Waals surface area contributed by atoms with Gasteiger partial charge in [0.2, 0.25) is 17.7 Å². The van der Waals surface area contributed by atoms with Gasteiger partial charge >= 0.3 is 0 Å². The van der Waals surface area contributed by atoms with E-state index in [1.54, 1.807) is 33.7 Å². The van der Waals surface area contributed by atoms with Gasteiger partial charge in [0.25, 0.3) is 0 Å². The number of thioether (sulfide) groups is 1. The zero-order valence-electron chi connectivity index (χ0n) is 27.3. The summed E-state index contributed by atoms with van der Waals surface area (Å²) in [6, 6.07) is 6.06. The molecule has 8 nitrogen and oxygen atoms in total. The number of fused-ring (bicyclic) bond motifs is 1. The van der Waals surface area contributed by atoms with Crippen molar-refractivity contribution in [3.05, 3.63) is 49.6 Å². The monoisotopic (exact) mass is 625 g/mol. The van der Waals surface area contributed by atoms with Crippen LogP contribution in [0.4, 0.5) is 5.69 Å². The predicted molar refractivity (Wildman–Crippen MR) is 178 cm³/mol. The van der Waals surface area contributed by atoms with Crippen molar-refractivity contribution in [1.82, 2.24) is 9.80 Å². The summed E-state index contributed by atoms with van der Waals surface area (Å²) in [5.74, 6) is -1.11. The maximum Gasteiger partial charge on any atom is 0.247 e. The fourth-order valence-electron chi connectivity index (χ4n) is 7.86. The molecule has 3 fully saturated rings. The number of benzene rings is 1. The lowest BCUT2D eigenvalue weighted by Gasteiger charge is -2.42. The average molecular weight is 626 g/mol. The van der Waals surface area contributed by atoms with Gasteiger partial charge in [-0.25, -0.2) is 0 Å². The van der Waals surface area contributed by atoms with Crippen molar-refractivity contribution in [2.45, 2.75) is 94.8 Å². The van der Waals surface area contributed by atoms with Crippen LogP contribution in [0.1, 0.15) is 67.2 Å². The van der Waals surface area contributed by atoms with Gasteiger partial charge in [-0.1, -0.05) is 39.3 Å². The molecule has 0 saturated carbocycles. The Morgan fingerprint density at radius 1 is 1.11 bits per heavy atom. The van der Waals surface area contributed by atoms with Gasteiger partial charge in [0.15, 0.2) is 0 Å². The van der Waals surface area contributed by atoms with Gasteiger partial charge in [0.1, 0.15) is 11.8 Å². The minimum Gasteiger partial charge on any atom is -0.494 e. The maximum atomic E-state index is 14.8. The van der Waals surface area contributed by atoms with Gasteiger partial charge in [0, 0.05) is 29.6 Å². The van der Waals surface area contributed by atoms with Crippen molar-refractivity contribution in [2.75, 3.05) is 31.2 Å². The number of carbonyl (C=O) groups excluding carboxylic acids is 3. The van der Waals surface area contributed by atoms with Crippen LogP contribution in [0.5, 0.6) is 5.75 Å². The molecule has 3 heterocycles. The van der Waals surface area contributed by atoms with Gasteiger partial charge < -0.3 is 24.5 Å². The van der Waals surface area contributed by atoms with E-state index in [1.165, 1.54) is 0 Å². The summed E-state index contributed by atoms with van der Waals surface area (Å²) in [4.78, 5) is 49.5. The Balaban J connectivity index is 1.82. The Morgan fingerprint density at radius 2 is 1.77 bits per heavy atom. The highest BCUT2D eigenvalue weighted by atomic mass is 32.2. The molecule has 1 aromatic carbocycles. The second-order valence-corrected chi connectivity index (χ2v) is 14.9. The Morgan fingerprint density at radius 3 is 2.32 bits per heavy atom. The van der Waals surface area contributed by atoms with Crippen LogP contribution in [0.3, 0.4) is 0 Å². The van der Waals surface area contributed by atoms with Crippen molar-refractivity contribution in [1.29, 1.82) is 0 Å². The van der Waals surface area contributed by atoms with Crippen LogP contribution >= 0.6 is 11.8 Å². The molecule has 1 spiro atoms. The van der Waals surface area contributed by atoms with Crippen molar-refractivity contribution < 1.29 is 24.2 Å². The predicted octanol–water partition coefficient (Wildman–Crippen LogP) is 5.31. The molecule has 7 atom stereocenters. The van der Waals surface area contributed by atoms with E-state index < -0.39 is 33.4 Å². The highest BCUT2D eigenvalue weighted by Gasteiger charge is 2.78. The molecule has 3 saturated heterocycles. The van der Waals surface area contributed by atoms with Gasteiger partial charge in [-0.05, 0) is 70.2 Å². The first kappa shape index (κ1) is 34.1. The van der Waals surface area contributed by atoms with E-state index >= 15 is 0 Å². The molecule has 3 aliphatic rings. The lowest BCUT2D eigenvalue weighted by Crippen LogP contribution is -2.59. The van der Waals surface area contributed by atoms with Gasteiger partial charge in [-0.3, -0.25) is 14.4 Å². The number of carbonyl (C=O) groups is 3. The van der Waals surface area contributed by atoms with Gasteiger partial charge in [-0.15, -0.1) is 24.9 Å². The standard InChI is InChI=1S/C35H51N3O5S/c1-9-13-24(7)36(20-10-2)33(42)30-35-19-18-34(8,44-35)28(29(35)32(41)38(30)27(22-39)23(5)6)31(40)37(21-11-3)25-14-16-26(17-15-25)43-12-4/h10-11,14-17,23-24,27-30,39H,2-3,9,12-13,18-22H2,1,4-8H3/t24?,27-,28+,29-,30?,34-,35?/m0/s1. The van der Waals surface area contributed by atoms with Crippen LogP contribution in [0.2, 0.25) is 0 Å². The Labute approximate surface area is 267 Å². The summed E-state index contributed by atoms with van der Waals surface area (Å²) in [5, 5.41) is 10.6. The fraction of sp³-hybridized carbons (Fsp3) is 0.629. The van der Waals surface area contributed by atoms with Gasteiger partial charge in [0.05, 0.1) is 35.8 Å². The molecule has 0 aromatic heterocycles. The van der Waals surface area contributed by atoms with Crippen LogP contribution in [0.25, 0.3) is 0 Å². The number of aliphatic hydroxyl groups is 1. The Bertz CT molecular complexity index is 1240. The minimum absolute atomic E-state index is 0.0381.